The molecule has 2 aromatic carbocycles. The van der Waals surface area contributed by atoms with E-state index in [1.165, 1.54) is 0 Å². The van der Waals surface area contributed by atoms with Gasteiger partial charge in [-0.1, -0.05) is 19.8 Å². The lowest BCUT2D eigenvalue weighted by molar-refractivity contribution is -0.0790. The number of ether oxygens (including phenoxy) is 1. The van der Waals surface area contributed by atoms with Crippen LogP contribution in [0, 0.1) is 29.2 Å². The van der Waals surface area contributed by atoms with Crippen LogP contribution in [0.25, 0.3) is 6.08 Å². The summed E-state index contributed by atoms with van der Waals surface area (Å²) in [5.41, 5.74) is -1.60. The maximum absolute atomic E-state index is 14.6. The van der Waals surface area contributed by atoms with Crippen LogP contribution in [0.15, 0.2) is 30.3 Å². The van der Waals surface area contributed by atoms with Crippen molar-refractivity contribution in [2.45, 2.75) is 57.5 Å². The first kappa shape index (κ1) is 25.8. The van der Waals surface area contributed by atoms with Crippen molar-refractivity contribution in [1.29, 1.82) is 0 Å². The number of benzene rings is 2. The van der Waals surface area contributed by atoms with Gasteiger partial charge in [-0.15, -0.1) is 0 Å². The first-order valence-electron chi connectivity index (χ1n) is 10.9. The predicted octanol–water partition coefficient (Wildman–Crippen LogP) is 8.11. The second-order valence-corrected chi connectivity index (χ2v) is 8.43. The maximum Gasteiger partial charge on any atom is 0.409 e. The summed E-state index contributed by atoms with van der Waals surface area (Å²) in [6, 6.07) is 3.04. The van der Waals surface area contributed by atoms with Gasteiger partial charge in [-0.3, -0.25) is 0 Å². The fourth-order valence-electron chi connectivity index (χ4n) is 4.33. The molecule has 1 fully saturated rings. The molecule has 9 heteroatoms. The highest BCUT2D eigenvalue weighted by Gasteiger charge is 2.27. The summed E-state index contributed by atoms with van der Waals surface area (Å²) >= 11 is 0. The lowest BCUT2D eigenvalue weighted by Gasteiger charge is -2.28. The van der Waals surface area contributed by atoms with Crippen molar-refractivity contribution in [3.05, 3.63) is 70.3 Å². The molecule has 0 atom stereocenters. The van der Waals surface area contributed by atoms with E-state index in [4.69, 9.17) is 4.74 Å². The highest BCUT2D eigenvalue weighted by Crippen LogP contribution is 2.38. The van der Waals surface area contributed by atoms with Crippen molar-refractivity contribution in [3.8, 4) is 5.75 Å². The lowest BCUT2D eigenvalue weighted by Crippen LogP contribution is -2.17. The summed E-state index contributed by atoms with van der Waals surface area (Å²) in [6.45, 7) is 2.11. The molecule has 184 valence electrons. The molecule has 2 nitrogen and oxygen atoms in total. The molecule has 0 N–H and O–H groups in total. The molecule has 0 saturated heterocycles. The molecule has 34 heavy (non-hydrogen) atoms. The smallest absolute Gasteiger partial charge is 0.409 e. The largest absolute Gasteiger partial charge is 0.423 e. The van der Waals surface area contributed by atoms with Gasteiger partial charge in [0.2, 0.25) is 0 Å². The van der Waals surface area contributed by atoms with Gasteiger partial charge in [0.1, 0.15) is 34.6 Å². The van der Waals surface area contributed by atoms with Crippen LogP contribution >= 0.6 is 0 Å². The molecular formula is C25H23F7O2. The van der Waals surface area contributed by atoms with Crippen molar-refractivity contribution in [1.82, 2.24) is 0 Å². The van der Waals surface area contributed by atoms with Gasteiger partial charge in [0.25, 0.3) is 0 Å². The molecule has 3 rings (SSSR count). The van der Waals surface area contributed by atoms with Gasteiger partial charge in [0, 0.05) is 23.8 Å². The van der Waals surface area contributed by atoms with Crippen LogP contribution < -0.4 is 4.74 Å². The number of rotatable bonds is 6. The fraction of sp³-hybridized carbons (Fsp3) is 0.400. The van der Waals surface area contributed by atoms with E-state index < -0.39 is 52.3 Å². The Balaban J connectivity index is 1.76. The van der Waals surface area contributed by atoms with Crippen molar-refractivity contribution in [3.63, 3.8) is 0 Å². The van der Waals surface area contributed by atoms with Gasteiger partial charge in [-0.2, -0.15) is 13.2 Å². The first-order valence-corrected chi connectivity index (χ1v) is 10.9. The zero-order chi connectivity index (χ0) is 25.0. The Labute approximate surface area is 192 Å². The second-order valence-electron chi connectivity index (χ2n) is 8.43. The fourth-order valence-corrected chi connectivity index (χ4v) is 4.33. The van der Waals surface area contributed by atoms with Crippen molar-refractivity contribution in [2.24, 2.45) is 5.92 Å². The Morgan fingerprint density at radius 2 is 1.50 bits per heavy atom. The zero-order valence-corrected chi connectivity index (χ0v) is 18.3. The minimum absolute atomic E-state index is 0.0392. The Morgan fingerprint density at radius 1 is 0.941 bits per heavy atom. The Kier molecular flexibility index (Phi) is 8.05. The van der Waals surface area contributed by atoms with E-state index in [0.29, 0.717) is 23.6 Å². The third-order valence-electron chi connectivity index (χ3n) is 5.99. The molecule has 0 bridgehead atoms. The van der Waals surface area contributed by atoms with Gasteiger partial charge in [-0.05, 0) is 61.3 Å². The minimum atomic E-state index is -4.79. The second kappa shape index (κ2) is 10.6. The highest BCUT2D eigenvalue weighted by molar-refractivity contribution is 5.91. The quantitative estimate of drug-likeness (QED) is 0.233. The van der Waals surface area contributed by atoms with Crippen LogP contribution in [0.5, 0.6) is 5.75 Å². The van der Waals surface area contributed by atoms with Crippen molar-refractivity contribution < 1.29 is 40.3 Å². The number of alkyl halides is 3. The SMILES string of the molecule is CCCC1CCC(c2cc(F)c(C(=O)Oc3cc(F)c(/C=C/C(F)(F)F)c(F)c3)c(F)c2)CC1. The van der Waals surface area contributed by atoms with E-state index in [1.807, 2.05) is 0 Å². The number of halogens is 7. The van der Waals surface area contributed by atoms with Gasteiger partial charge in [0.15, 0.2) is 0 Å². The number of esters is 1. The number of hydrogen-bond donors (Lipinski definition) is 0. The summed E-state index contributed by atoms with van der Waals surface area (Å²) < 4.78 is 98.8. The van der Waals surface area contributed by atoms with Crippen LogP contribution in [0.4, 0.5) is 30.7 Å². The monoisotopic (exact) mass is 488 g/mol. The van der Waals surface area contributed by atoms with Gasteiger partial charge >= 0.3 is 12.1 Å². The molecule has 0 radical (unpaired) electrons. The van der Waals surface area contributed by atoms with Crippen LogP contribution in [-0.2, 0) is 0 Å². The van der Waals surface area contributed by atoms with E-state index >= 15 is 0 Å². The Morgan fingerprint density at radius 3 is 2.00 bits per heavy atom. The molecule has 0 aromatic heterocycles. The summed E-state index contributed by atoms with van der Waals surface area (Å²) in [5, 5.41) is 0. The molecule has 2 aromatic rings. The average Bonchev–Trinajstić information content (AvgIpc) is 2.72. The molecule has 0 aliphatic heterocycles. The predicted molar refractivity (Wildman–Crippen MR) is 112 cm³/mol. The van der Waals surface area contributed by atoms with Gasteiger partial charge in [-0.25, -0.2) is 22.4 Å². The van der Waals surface area contributed by atoms with Crippen LogP contribution in [0.3, 0.4) is 0 Å². The lowest BCUT2D eigenvalue weighted by atomic mass is 9.77. The van der Waals surface area contributed by atoms with Crippen LogP contribution in [-0.4, -0.2) is 12.1 Å². The first-order chi connectivity index (χ1) is 16.0. The van der Waals surface area contributed by atoms with E-state index in [0.717, 1.165) is 50.7 Å². The topological polar surface area (TPSA) is 26.3 Å². The van der Waals surface area contributed by atoms with Gasteiger partial charge < -0.3 is 4.74 Å². The Bertz CT molecular complexity index is 1020. The Hall–Kier alpha value is -2.84. The van der Waals surface area contributed by atoms with Crippen LogP contribution in [0.2, 0.25) is 0 Å². The molecule has 1 aliphatic carbocycles. The molecule has 0 amide bonds. The minimum Gasteiger partial charge on any atom is -0.423 e. The van der Waals surface area contributed by atoms with Crippen LogP contribution in [0.1, 0.15) is 72.9 Å². The molecule has 0 unspecified atom stereocenters. The third-order valence-corrected chi connectivity index (χ3v) is 5.99. The maximum atomic E-state index is 14.6. The van der Waals surface area contributed by atoms with E-state index in [2.05, 4.69) is 6.92 Å². The zero-order valence-electron chi connectivity index (χ0n) is 18.3. The standard InChI is InChI=1S/C25H23F7O2/c1-2-3-14-4-6-15(7-5-14)16-10-21(28)23(22(29)11-16)24(33)34-17-12-19(26)18(20(27)13-17)8-9-25(30,31)32/h8-15H,2-7H2,1H3/b9-8+. The normalized spacial score (nSPS) is 18.9. The van der Waals surface area contributed by atoms with Crippen molar-refractivity contribution in [2.75, 3.05) is 0 Å². The third kappa shape index (κ3) is 6.39. The summed E-state index contributed by atoms with van der Waals surface area (Å²) in [7, 11) is 0. The number of hydrogen-bond acceptors (Lipinski definition) is 2. The average molecular weight is 488 g/mol. The molecule has 0 spiro atoms. The van der Waals surface area contributed by atoms with E-state index in [1.54, 1.807) is 0 Å². The summed E-state index contributed by atoms with van der Waals surface area (Å²) in [6.07, 6.45) is 0.694. The summed E-state index contributed by atoms with van der Waals surface area (Å²) in [5.74, 6) is -6.94. The molecule has 0 heterocycles. The van der Waals surface area contributed by atoms with E-state index in [9.17, 15) is 35.5 Å². The molecule has 1 saturated carbocycles. The highest BCUT2D eigenvalue weighted by atomic mass is 19.4. The van der Waals surface area contributed by atoms with E-state index in [-0.39, 0.29) is 18.1 Å². The summed E-state index contributed by atoms with van der Waals surface area (Å²) in [4.78, 5) is 12.3. The number of allylic oxidation sites excluding steroid dienone is 1. The van der Waals surface area contributed by atoms with Gasteiger partial charge in [0.05, 0.1) is 0 Å². The molecular weight excluding hydrogens is 465 g/mol. The molecule has 1 aliphatic rings. The number of carbonyl (C=O) groups is 1. The van der Waals surface area contributed by atoms with Crippen molar-refractivity contribution >= 4 is 12.0 Å². The number of carbonyl (C=O) groups excluding carboxylic acids is 1.